The molecule has 2 aromatic carbocycles. The van der Waals surface area contributed by atoms with Gasteiger partial charge in [0.1, 0.15) is 40.6 Å². The topological polar surface area (TPSA) is 115 Å². The first-order chi connectivity index (χ1) is 25.3. The normalized spacial score (nSPS) is 28.1. The molecule has 4 aliphatic rings. The predicted octanol–water partition coefficient (Wildman–Crippen LogP) is 9.71. The van der Waals surface area contributed by atoms with E-state index >= 15 is 0 Å². The average Bonchev–Trinajstić information content (AvgIpc) is 3.59. The Bertz CT molecular complexity index is 2340. The fourth-order valence-electron chi connectivity index (χ4n) is 8.11. The van der Waals surface area contributed by atoms with Crippen molar-refractivity contribution in [3.8, 4) is 17.2 Å². The van der Waals surface area contributed by atoms with Crippen molar-refractivity contribution < 1.29 is 41.7 Å². The van der Waals surface area contributed by atoms with Gasteiger partial charge in [-0.25, -0.2) is 4.79 Å². The third kappa shape index (κ3) is 6.34. The Morgan fingerprint density at radius 1 is 0.849 bits per heavy atom. The van der Waals surface area contributed by atoms with E-state index in [4.69, 9.17) is 41.7 Å². The molecule has 0 radical (unpaired) electrons. The van der Waals surface area contributed by atoms with Crippen molar-refractivity contribution in [2.24, 2.45) is 11.3 Å². The highest BCUT2D eigenvalue weighted by Crippen LogP contribution is 2.58. The smallest absolute Gasteiger partial charge is 0.350 e. The minimum atomic E-state index is -1.37. The summed E-state index contributed by atoms with van der Waals surface area (Å²) in [7, 11) is 0. The molecule has 3 aromatic heterocycles. The fraction of sp³-hybridized carbons (Fsp3) is 0.465. The quantitative estimate of drug-likeness (QED) is 0.0700. The lowest BCUT2D eigenvalue weighted by atomic mass is 9.95. The molecule has 0 bridgehead atoms. The summed E-state index contributed by atoms with van der Waals surface area (Å²) in [5.74, 6) is 1.10. The van der Waals surface area contributed by atoms with Gasteiger partial charge in [0.25, 0.3) is 0 Å². The molecule has 10 heteroatoms. The maximum absolute atomic E-state index is 11.8. The lowest BCUT2D eigenvalue weighted by Gasteiger charge is -2.31. The van der Waals surface area contributed by atoms with Crippen LogP contribution in [0.15, 0.2) is 84.7 Å². The molecule has 3 aliphatic heterocycles. The number of rotatable bonds is 12. The van der Waals surface area contributed by atoms with Gasteiger partial charge in [0, 0.05) is 24.3 Å². The number of furan rings is 2. The van der Waals surface area contributed by atoms with Crippen molar-refractivity contribution in [1.29, 1.82) is 0 Å². The van der Waals surface area contributed by atoms with Crippen molar-refractivity contribution in [3.05, 3.63) is 82.6 Å². The van der Waals surface area contributed by atoms with E-state index in [-0.39, 0.29) is 17.1 Å². The van der Waals surface area contributed by atoms with Crippen molar-refractivity contribution in [3.63, 3.8) is 0 Å². The molecule has 1 aliphatic carbocycles. The summed E-state index contributed by atoms with van der Waals surface area (Å²) in [4.78, 5) is 11.8. The van der Waals surface area contributed by atoms with Gasteiger partial charge in [-0.1, -0.05) is 12.5 Å². The van der Waals surface area contributed by atoms with E-state index in [1.807, 2.05) is 44.2 Å². The zero-order valence-corrected chi connectivity index (χ0v) is 31.1. The third-order valence-corrected chi connectivity index (χ3v) is 11.8. The second kappa shape index (κ2) is 12.3. The van der Waals surface area contributed by atoms with Gasteiger partial charge in [-0.2, -0.15) is 0 Å². The summed E-state index contributed by atoms with van der Waals surface area (Å²) >= 11 is 0. The van der Waals surface area contributed by atoms with Gasteiger partial charge >= 0.3 is 11.6 Å². The predicted molar refractivity (Wildman–Crippen MR) is 199 cm³/mol. The maximum Gasteiger partial charge on any atom is 0.350 e. The molecule has 9 rings (SSSR count). The summed E-state index contributed by atoms with van der Waals surface area (Å²) in [5.41, 5.74) is 2.96. The minimum absolute atomic E-state index is 0.0303. The van der Waals surface area contributed by atoms with Crippen molar-refractivity contribution in [2.45, 2.75) is 103 Å². The summed E-state index contributed by atoms with van der Waals surface area (Å²) < 4.78 is 55.2. The van der Waals surface area contributed by atoms with Gasteiger partial charge in [-0.05, 0) is 108 Å². The lowest BCUT2D eigenvalue weighted by Crippen LogP contribution is -2.39. The van der Waals surface area contributed by atoms with Crippen LogP contribution in [0.2, 0.25) is 0 Å². The van der Waals surface area contributed by atoms with Crippen molar-refractivity contribution in [2.75, 3.05) is 13.2 Å². The number of ether oxygens (including phenoxy) is 6. The molecule has 6 heterocycles. The molecule has 1 spiro atoms. The van der Waals surface area contributed by atoms with Crippen LogP contribution < -0.4 is 19.8 Å². The van der Waals surface area contributed by atoms with Gasteiger partial charge in [-0.15, -0.1) is 0 Å². The van der Waals surface area contributed by atoms with Gasteiger partial charge < -0.3 is 41.7 Å². The monoisotopic (exact) mass is 722 g/mol. The third-order valence-electron chi connectivity index (χ3n) is 11.8. The van der Waals surface area contributed by atoms with Gasteiger partial charge in [-0.3, -0.25) is 0 Å². The van der Waals surface area contributed by atoms with E-state index in [0.29, 0.717) is 65.3 Å². The van der Waals surface area contributed by atoms with Crippen LogP contribution in [0.1, 0.15) is 79.2 Å². The molecule has 53 heavy (non-hydrogen) atoms. The number of hydrogen-bond acceptors (Lipinski definition) is 10. The maximum atomic E-state index is 11.8. The van der Waals surface area contributed by atoms with Crippen LogP contribution in [0.4, 0.5) is 0 Å². The molecule has 5 aromatic rings. The molecular weight excluding hydrogens is 676 g/mol. The molecule has 0 N–H and O–H groups in total. The molecule has 2 saturated heterocycles. The number of fused-ring (bicyclic) bond motifs is 4. The Morgan fingerprint density at radius 2 is 1.57 bits per heavy atom. The molecule has 278 valence electrons. The van der Waals surface area contributed by atoms with E-state index in [1.165, 1.54) is 6.07 Å². The van der Waals surface area contributed by atoms with E-state index in [1.54, 1.807) is 24.7 Å². The first kappa shape index (κ1) is 34.3. The van der Waals surface area contributed by atoms with Crippen LogP contribution in [-0.2, 0) is 14.2 Å². The number of epoxide rings is 1. The second-order valence-corrected chi connectivity index (χ2v) is 16.5. The zero-order chi connectivity index (χ0) is 36.8. The molecular formula is C43H46O10. The molecule has 5 atom stereocenters. The summed E-state index contributed by atoms with van der Waals surface area (Å²) in [6, 6.07) is 10.5. The van der Waals surface area contributed by atoms with E-state index < -0.39 is 17.2 Å². The Labute approximate surface area is 307 Å². The number of allylic oxidation sites excluding steroid dienone is 1. The van der Waals surface area contributed by atoms with Crippen LogP contribution in [-0.4, -0.2) is 42.6 Å². The summed E-state index contributed by atoms with van der Waals surface area (Å²) in [6.07, 6.45) is 14.2. The summed E-state index contributed by atoms with van der Waals surface area (Å²) in [5, 5.41) is 2.45. The highest BCUT2D eigenvalue weighted by Gasteiger charge is 2.55. The van der Waals surface area contributed by atoms with E-state index in [0.717, 1.165) is 53.3 Å². The van der Waals surface area contributed by atoms with Gasteiger partial charge in [0.2, 0.25) is 0 Å². The van der Waals surface area contributed by atoms with Crippen molar-refractivity contribution >= 4 is 39.0 Å². The molecule has 1 saturated carbocycles. The number of hydrogen-bond donors (Lipinski definition) is 0. The van der Waals surface area contributed by atoms with Gasteiger partial charge in [0.05, 0.1) is 64.3 Å². The van der Waals surface area contributed by atoms with Crippen molar-refractivity contribution in [1.82, 2.24) is 0 Å². The lowest BCUT2D eigenvalue weighted by molar-refractivity contribution is -0.270. The van der Waals surface area contributed by atoms with Crippen LogP contribution in [0.25, 0.3) is 39.0 Å². The largest absolute Gasteiger partial charge is 0.492 e. The Morgan fingerprint density at radius 3 is 2.34 bits per heavy atom. The molecule has 5 unspecified atom stereocenters. The molecule has 10 nitrogen and oxygen atoms in total. The Kier molecular flexibility index (Phi) is 7.93. The van der Waals surface area contributed by atoms with E-state index in [2.05, 4.69) is 33.8 Å². The Hall–Kier alpha value is -4.51. The number of benzene rings is 2. The minimum Gasteiger partial charge on any atom is -0.492 e. The molecule has 0 amide bonds. The Balaban J connectivity index is 0.849. The van der Waals surface area contributed by atoms with Crippen LogP contribution in [0.5, 0.6) is 17.2 Å². The fourth-order valence-corrected chi connectivity index (χ4v) is 8.11. The first-order valence-electron chi connectivity index (χ1n) is 18.7. The van der Waals surface area contributed by atoms with Crippen LogP contribution in [0.3, 0.4) is 0 Å². The summed E-state index contributed by atoms with van der Waals surface area (Å²) in [6.45, 7) is 13.8. The molecule has 3 fully saturated rings. The highest BCUT2D eigenvalue weighted by molar-refractivity contribution is 6.01. The van der Waals surface area contributed by atoms with Crippen LogP contribution in [0, 0.1) is 11.3 Å². The SMILES string of the molecule is C/C(=C\COc1c2ccoc2cc2oc(=O)ccc12)CCC1OC2(C=Cc3c(cc4occc4c3OCC3CC3(C)CCC3OC3(C)C)O2)OC1(C)C. The average molecular weight is 723 g/mol. The standard InChI is InChI=1S/C43H46O10/c1-25(13-18-47-38-27-8-10-37(44)49-33(27)21-31-29(38)14-19-45-31)7-9-35-41(4,5)53-43(52-35)17-11-28-34(50-43)22-32-30(15-20-46-32)39(28)48-24-26-23-42(26,6)16-12-36-40(2,3)51-36/h8,10-11,13-15,17,19-22,26,35-36H,7,9,12,16,18,23-24H2,1-6H3/b25-13+. The first-order valence-corrected chi connectivity index (χ1v) is 18.7. The zero-order valence-electron chi connectivity index (χ0n) is 31.1. The van der Waals surface area contributed by atoms with Crippen LogP contribution >= 0.6 is 0 Å². The van der Waals surface area contributed by atoms with Gasteiger partial charge in [0.15, 0.2) is 0 Å². The highest BCUT2D eigenvalue weighted by atomic mass is 16.9. The van der Waals surface area contributed by atoms with E-state index in [9.17, 15) is 4.79 Å². The second-order valence-electron chi connectivity index (χ2n) is 16.5.